The Morgan fingerprint density at radius 3 is 2.63 bits per heavy atom. The van der Waals surface area contributed by atoms with Gasteiger partial charge in [0.2, 0.25) is 0 Å². The van der Waals surface area contributed by atoms with Gasteiger partial charge in [-0.1, -0.05) is 30.3 Å². The summed E-state index contributed by atoms with van der Waals surface area (Å²) in [5.41, 5.74) is 1.30. The Hall–Kier alpha value is -1.63. The third-order valence-corrected chi connectivity index (χ3v) is 4.95. The van der Waals surface area contributed by atoms with Crippen molar-refractivity contribution in [3.05, 3.63) is 35.9 Å². The Labute approximate surface area is 164 Å². The van der Waals surface area contributed by atoms with Crippen LogP contribution >= 0.6 is 0 Å². The highest BCUT2D eigenvalue weighted by molar-refractivity contribution is 5.79. The van der Waals surface area contributed by atoms with Gasteiger partial charge in [0.15, 0.2) is 5.96 Å². The van der Waals surface area contributed by atoms with E-state index in [4.69, 9.17) is 9.47 Å². The van der Waals surface area contributed by atoms with Crippen molar-refractivity contribution in [2.45, 2.75) is 25.3 Å². The Kier molecular flexibility index (Phi) is 10.2. The number of ether oxygens (including phenoxy) is 2. The molecule has 2 N–H and O–H groups in total. The second kappa shape index (κ2) is 12.7. The van der Waals surface area contributed by atoms with E-state index in [1.165, 1.54) is 5.56 Å². The van der Waals surface area contributed by atoms with Gasteiger partial charge >= 0.3 is 0 Å². The summed E-state index contributed by atoms with van der Waals surface area (Å²) in [6.07, 6.45) is 3.23. The number of hydrogen-bond donors (Lipinski definition) is 2. The minimum absolute atomic E-state index is 0.299. The molecule has 1 fully saturated rings. The Morgan fingerprint density at radius 1 is 1.22 bits per heavy atom. The third kappa shape index (κ3) is 8.28. The number of rotatable bonds is 10. The smallest absolute Gasteiger partial charge is 0.191 e. The number of guanidine groups is 1. The van der Waals surface area contributed by atoms with Gasteiger partial charge in [0.1, 0.15) is 0 Å². The number of nitrogens with one attached hydrogen (secondary N) is 2. The lowest BCUT2D eigenvalue weighted by atomic mass is 10.0. The monoisotopic (exact) mass is 376 g/mol. The maximum atomic E-state index is 5.81. The van der Waals surface area contributed by atoms with Crippen LogP contribution in [0, 0.1) is 5.92 Å². The first-order valence-electron chi connectivity index (χ1n) is 10.0. The first-order chi connectivity index (χ1) is 13.2. The van der Waals surface area contributed by atoms with Crippen molar-refractivity contribution in [1.29, 1.82) is 0 Å². The van der Waals surface area contributed by atoms with E-state index < -0.39 is 0 Å². The molecule has 2 rings (SSSR count). The Bertz CT molecular complexity index is 530. The second-order valence-electron chi connectivity index (χ2n) is 7.25. The summed E-state index contributed by atoms with van der Waals surface area (Å²) in [4.78, 5) is 6.55. The average Bonchev–Trinajstić information content (AvgIpc) is 2.70. The molecule has 0 bridgehead atoms. The van der Waals surface area contributed by atoms with E-state index in [0.29, 0.717) is 12.0 Å². The van der Waals surface area contributed by atoms with Gasteiger partial charge in [0.25, 0.3) is 0 Å². The average molecular weight is 377 g/mol. The molecule has 1 unspecified atom stereocenters. The SMILES string of the molecule is CN=C(NCCCOCC1CCOCC1)NCC(c1ccccc1)N(C)C. The molecule has 6 nitrogen and oxygen atoms in total. The molecule has 1 aromatic rings. The van der Waals surface area contributed by atoms with Gasteiger partial charge in [-0.05, 0) is 44.8 Å². The molecule has 1 aromatic carbocycles. The predicted molar refractivity (Wildman–Crippen MR) is 111 cm³/mol. The van der Waals surface area contributed by atoms with Crippen LogP contribution in [0.1, 0.15) is 30.9 Å². The summed E-state index contributed by atoms with van der Waals surface area (Å²) in [5, 5.41) is 6.81. The van der Waals surface area contributed by atoms with E-state index in [0.717, 1.165) is 64.7 Å². The van der Waals surface area contributed by atoms with Crippen LogP contribution in [0.25, 0.3) is 0 Å². The molecule has 1 aliphatic heterocycles. The molecule has 1 aliphatic rings. The molecule has 1 saturated heterocycles. The normalized spacial score (nSPS) is 17.1. The van der Waals surface area contributed by atoms with E-state index in [2.05, 4.69) is 58.9 Å². The lowest BCUT2D eigenvalue weighted by Crippen LogP contribution is -2.42. The molecular weight excluding hydrogens is 340 g/mol. The summed E-state index contributed by atoms with van der Waals surface area (Å²) in [6, 6.07) is 10.8. The highest BCUT2D eigenvalue weighted by Gasteiger charge is 2.15. The molecule has 0 aromatic heterocycles. The molecule has 0 saturated carbocycles. The molecule has 0 spiro atoms. The van der Waals surface area contributed by atoms with Crippen LogP contribution in [0.15, 0.2) is 35.3 Å². The van der Waals surface area contributed by atoms with Crippen molar-refractivity contribution in [3.63, 3.8) is 0 Å². The summed E-state index contributed by atoms with van der Waals surface area (Å²) in [6.45, 7) is 5.06. The molecule has 0 radical (unpaired) electrons. The van der Waals surface area contributed by atoms with Crippen molar-refractivity contribution >= 4 is 5.96 Å². The van der Waals surface area contributed by atoms with Gasteiger partial charge < -0.3 is 25.0 Å². The molecule has 1 atom stereocenters. The molecule has 152 valence electrons. The van der Waals surface area contributed by atoms with Gasteiger partial charge in [-0.25, -0.2) is 0 Å². The van der Waals surface area contributed by atoms with Crippen LogP contribution < -0.4 is 10.6 Å². The fourth-order valence-corrected chi connectivity index (χ4v) is 3.23. The lowest BCUT2D eigenvalue weighted by Gasteiger charge is -2.26. The van der Waals surface area contributed by atoms with Gasteiger partial charge in [-0.2, -0.15) is 0 Å². The third-order valence-electron chi connectivity index (χ3n) is 4.95. The predicted octanol–water partition coefficient (Wildman–Crippen LogP) is 2.29. The van der Waals surface area contributed by atoms with E-state index in [1.807, 2.05) is 13.1 Å². The number of nitrogens with zero attached hydrogens (tertiary/aromatic N) is 2. The fraction of sp³-hybridized carbons (Fsp3) is 0.667. The van der Waals surface area contributed by atoms with Gasteiger partial charge in [-0.3, -0.25) is 4.99 Å². The second-order valence-corrected chi connectivity index (χ2v) is 7.25. The molecule has 6 heteroatoms. The minimum Gasteiger partial charge on any atom is -0.381 e. The molecular formula is C21H36N4O2. The summed E-state index contributed by atoms with van der Waals surface area (Å²) in [5.74, 6) is 1.50. The number of benzene rings is 1. The first-order valence-corrected chi connectivity index (χ1v) is 10.0. The van der Waals surface area contributed by atoms with E-state index in [1.54, 1.807) is 0 Å². The van der Waals surface area contributed by atoms with Crippen molar-refractivity contribution in [3.8, 4) is 0 Å². The minimum atomic E-state index is 0.299. The Morgan fingerprint density at radius 2 is 1.96 bits per heavy atom. The van der Waals surface area contributed by atoms with Gasteiger partial charge in [0, 0.05) is 46.6 Å². The van der Waals surface area contributed by atoms with Crippen LogP contribution in [0.3, 0.4) is 0 Å². The zero-order valence-electron chi connectivity index (χ0n) is 17.1. The van der Waals surface area contributed by atoms with Crippen LogP contribution in [-0.4, -0.2) is 71.5 Å². The number of hydrogen-bond acceptors (Lipinski definition) is 4. The largest absolute Gasteiger partial charge is 0.381 e. The molecule has 1 heterocycles. The van der Waals surface area contributed by atoms with Gasteiger partial charge in [-0.15, -0.1) is 0 Å². The number of aliphatic imine (C=N–C) groups is 1. The first kappa shape index (κ1) is 21.7. The fourth-order valence-electron chi connectivity index (χ4n) is 3.23. The molecule has 0 amide bonds. The van der Waals surface area contributed by atoms with E-state index in [9.17, 15) is 0 Å². The molecule has 0 aliphatic carbocycles. The van der Waals surface area contributed by atoms with Crippen LogP contribution in [0.2, 0.25) is 0 Å². The molecule has 27 heavy (non-hydrogen) atoms. The van der Waals surface area contributed by atoms with Crippen LogP contribution in [-0.2, 0) is 9.47 Å². The highest BCUT2D eigenvalue weighted by atomic mass is 16.5. The quantitative estimate of drug-likeness (QED) is 0.373. The van der Waals surface area contributed by atoms with Crippen molar-refractivity contribution in [2.24, 2.45) is 10.9 Å². The zero-order valence-corrected chi connectivity index (χ0v) is 17.1. The topological polar surface area (TPSA) is 58.1 Å². The van der Waals surface area contributed by atoms with Crippen molar-refractivity contribution in [1.82, 2.24) is 15.5 Å². The lowest BCUT2D eigenvalue weighted by molar-refractivity contribution is 0.0203. The maximum absolute atomic E-state index is 5.81. The summed E-state index contributed by atoms with van der Waals surface area (Å²) < 4.78 is 11.2. The van der Waals surface area contributed by atoms with E-state index in [-0.39, 0.29) is 0 Å². The zero-order chi connectivity index (χ0) is 19.3. The van der Waals surface area contributed by atoms with E-state index >= 15 is 0 Å². The van der Waals surface area contributed by atoms with Crippen molar-refractivity contribution < 1.29 is 9.47 Å². The van der Waals surface area contributed by atoms with Crippen LogP contribution in [0.4, 0.5) is 0 Å². The Balaban J connectivity index is 1.62. The number of likely N-dealkylation sites (N-methyl/N-ethyl adjacent to an activating group) is 1. The maximum Gasteiger partial charge on any atom is 0.191 e. The van der Waals surface area contributed by atoms with Crippen molar-refractivity contribution in [2.75, 3.05) is 60.7 Å². The standard InChI is InChI=1S/C21H36N4O2/c1-22-21(23-12-7-13-27-17-18-10-14-26-15-11-18)24-16-20(25(2)3)19-8-5-4-6-9-19/h4-6,8-9,18,20H,7,10-17H2,1-3H3,(H2,22,23,24). The summed E-state index contributed by atoms with van der Waals surface area (Å²) in [7, 11) is 6.01. The van der Waals surface area contributed by atoms with Gasteiger partial charge in [0.05, 0.1) is 6.04 Å². The van der Waals surface area contributed by atoms with Crippen LogP contribution in [0.5, 0.6) is 0 Å². The highest BCUT2D eigenvalue weighted by Crippen LogP contribution is 2.16. The summed E-state index contributed by atoms with van der Waals surface area (Å²) >= 11 is 0.